The molecule has 0 atom stereocenters. The molecule has 0 aliphatic carbocycles. The Hall–Kier alpha value is -2.82. The number of carbonyl (C=O) groups is 2. The van der Waals surface area contributed by atoms with Crippen LogP contribution in [0.4, 0.5) is 11.4 Å². The third-order valence-corrected chi connectivity index (χ3v) is 4.67. The Bertz CT molecular complexity index is 767. The summed E-state index contributed by atoms with van der Waals surface area (Å²) in [6, 6.07) is 15.4. The van der Waals surface area contributed by atoms with Gasteiger partial charge in [-0.2, -0.15) is 0 Å². The standard InChI is InChI=1S/C21H25N3O2/c1-23(2)18-10-6-16(7-11-18)15-22-21(26)17-8-12-19(13-9-17)24-14-4-3-5-20(24)25/h6-13H,3-5,14-15H2,1-2H3,(H,22,26). The van der Waals surface area contributed by atoms with E-state index in [0.717, 1.165) is 36.3 Å². The number of hydrogen-bond donors (Lipinski definition) is 1. The van der Waals surface area contributed by atoms with Crippen molar-refractivity contribution in [2.45, 2.75) is 25.8 Å². The second kappa shape index (κ2) is 8.04. The van der Waals surface area contributed by atoms with Gasteiger partial charge in [0.1, 0.15) is 0 Å². The summed E-state index contributed by atoms with van der Waals surface area (Å²) in [4.78, 5) is 28.2. The van der Waals surface area contributed by atoms with Crippen LogP contribution in [0, 0.1) is 0 Å². The number of hydrogen-bond acceptors (Lipinski definition) is 3. The van der Waals surface area contributed by atoms with Gasteiger partial charge in [-0.1, -0.05) is 12.1 Å². The molecule has 0 spiro atoms. The van der Waals surface area contributed by atoms with E-state index in [2.05, 4.69) is 5.32 Å². The topological polar surface area (TPSA) is 52.7 Å². The molecule has 0 unspecified atom stereocenters. The monoisotopic (exact) mass is 351 g/mol. The summed E-state index contributed by atoms with van der Waals surface area (Å²) in [6.45, 7) is 1.24. The molecule has 0 aromatic heterocycles. The van der Waals surface area contributed by atoms with Crippen LogP contribution in [0.3, 0.4) is 0 Å². The molecule has 1 aliphatic heterocycles. The Labute approximate surface area is 154 Å². The van der Waals surface area contributed by atoms with Gasteiger partial charge in [0.15, 0.2) is 0 Å². The van der Waals surface area contributed by atoms with E-state index in [1.807, 2.05) is 55.4 Å². The van der Waals surface area contributed by atoms with E-state index < -0.39 is 0 Å². The van der Waals surface area contributed by atoms with E-state index in [1.54, 1.807) is 17.0 Å². The molecular formula is C21H25N3O2. The van der Waals surface area contributed by atoms with Crippen molar-refractivity contribution in [3.8, 4) is 0 Å². The summed E-state index contributed by atoms with van der Waals surface area (Å²) >= 11 is 0. The normalized spacial score (nSPS) is 14.2. The highest BCUT2D eigenvalue weighted by Gasteiger charge is 2.19. The average Bonchev–Trinajstić information content (AvgIpc) is 2.67. The van der Waals surface area contributed by atoms with E-state index in [1.165, 1.54) is 0 Å². The number of benzene rings is 2. The predicted molar refractivity (Wildman–Crippen MR) is 105 cm³/mol. The van der Waals surface area contributed by atoms with Crippen LogP contribution in [0.5, 0.6) is 0 Å². The van der Waals surface area contributed by atoms with Crippen molar-refractivity contribution < 1.29 is 9.59 Å². The van der Waals surface area contributed by atoms with E-state index >= 15 is 0 Å². The minimum absolute atomic E-state index is 0.113. The average molecular weight is 351 g/mol. The van der Waals surface area contributed by atoms with Crippen molar-refractivity contribution in [2.75, 3.05) is 30.4 Å². The lowest BCUT2D eigenvalue weighted by Crippen LogP contribution is -2.35. The Morgan fingerprint density at radius 1 is 1.04 bits per heavy atom. The summed E-state index contributed by atoms with van der Waals surface area (Å²) in [7, 11) is 4.00. The third-order valence-electron chi connectivity index (χ3n) is 4.67. The molecule has 2 amide bonds. The highest BCUT2D eigenvalue weighted by Crippen LogP contribution is 2.21. The number of carbonyl (C=O) groups excluding carboxylic acids is 2. The predicted octanol–water partition coefficient (Wildman–Crippen LogP) is 3.20. The molecule has 2 aromatic carbocycles. The Balaban J connectivity index is 1.58. The van der Waals surface area contributed by atoms with Gasteiger partial charge in [0.05, 0.1) is 0 Å². The number of anilines is 2. The Morgan fingerprint density at radius 3 is 2.35 bits per heavy atom. The number of rotatable bonds is 5. The first-order valence-electron chi connectivity index (χ1n) is 8.99. The number of nitrogens with one attached hydrogen (secondary N) is 1. The smallest absolute Gasteiger partial charge is 0.251 e. The first-order valence-corrected chi connectivity index (χ1v) is 8.99. The maximum absolute atomic E-state index is 12.3. The molecular weight excluding hydrogens is 326 g/mol. The molecule has 26 heavy (non-hydrogen) atoms. The highest BCUT2D eigenvalue weighted by molar-refractivity contribution is 5.96. The molecule has 0 radical (unpaired) electrons. The van der Waals surface area contributed by atoms with Crippen LogP contribution < -0.4 is 15.1 Å². The lowest BCUT2D eigenvalue weighted by molar-refractivity contribution is -0.119. The third kappa shape index (κ3) is 4.23. The van der Waals surface area contributed by atoms with Crippen LogP contribution in [-0.2, 0) is 11.3 Å². The van der Waals surface area contributed by atoms with Crippen molar-refractivity contribution >= 4 is 23.2 Å². The van der Waals surface area contributed by atoms with E-state index in [9.17, 15) is 9.59 Å². The Kier molecular flexibility index (Phi) is 5.56. The molecule has 1 aliphatic rings. The molecule has 136 valence electrons. The van der Waals surface area contributed by atoms with Crippen molar-refractivity contribution in [3.63, 3.8) is 0 Å². The van der Waals surface area contributed by atoms with Crippen molar-refractivity contribution in [2.24, 2.45) is 0 Å². The van der Waals surface area contributed by atoms with Gasteiger partial charge in [-0.15, -0.1) is 0 Å². The van der Waals surface area contributed by atoms with Crippen molar-refractivity contribution in [3.05, 3.63) is 59.7 Å². The first kappa shape index (κ1) is 18.0. The van der Waals surface area contributed by atoms with Gasteiger partial charge in [0.25, 0.3) is 5.91 Å². The van der Waals surface area contributed by atoms with Crippen LogP contribution in [0.1, 0.15) is 35.2 Å². The van der Waals surface area contributed by atoms with Crippen LogP contribution in [0.2, 0.25) is 0 Å². The van der Waals surface area contributed by atoms with E-state index in [4.69, 9.17) is 0 Å². The summed E-state index contributed by atoms with van der Waals surface area (Å²) in [5.74, 6) is 0.0489. The number of amides is 2. The zero-order valence-electron chi connectivity index (χ0n) is 15.4. The van der Waals surface area contributed by atoms with Crippen LogP contribution in [-0.4, -0.2) is 32.5 Å². The van der Waals surface area contributed by atoms with Gasteiger partial charge in [0, 0.05) is 50.5 Å². The zero-order chi connectivity index (χ0) is 18.5. The van der Waals surface area contributed by atoms with Crippen LogP contribution in [0.25, 0.3) is 0 Å². The fourth-order valence-electron chi connectivity index (χ4n) is 3.07. The summed E-state index contributed by atoms with van der Waals surface area (Å²) in [5.41, 5.74) is 3.65. The second-order valence-corrected chi connectivity index (χ2v) is 6.79. The van der Waals surface area contributed by atoms with Crippen LogP contribution in [0.15, 0.2) is 48.5 Å². The fraction of sp³-hybridized carbons (Fsp3) is 0.333. The molecule has 0 saturated carbocycles. The molecule has 5 nitrogen and oxygen atoms in total. The maximum atomic E-state index is 12.3. The molecule has 3 rings (SSSR count). The Morgan fingerprint density at radius 2 is 1.73 bits per heavy atom. The van der Waals surface area contributed by atoms with Gasteiger partial charge < -0.3 is 15.1 Å². The van der Waals surface area contributed by atoms with E-state index in [0.29, 0.717) is 18.5 Å². The van der Waals surface area contributed by atoms with E-state index in [-0.39, 0.29) is 11.8 Å². The molecule has 1 N–H and O–H groups in total. The molecule has 1 saturated heterocycles. The molecule has 0 bridgehead atoms. The lowest BCUT2D eigenvalue weighted by Gasteiger charge is -2.26. The van der Waals surface area contributed by atoms with Crippen molar-refractivity contribution in [1.82, 2.24) is 5.32 Å². The van der Waals surface area contributed by atoms with Gasteiger partial charge in [-0.05, 0) is 54.8 Å². The SMILES string of the molecule is CN(C)c1ccc(CNC(=O)c2ccc(N3CCCCC3=O)cc2)cc1. The molecule has 2 aromatic rings. The number of nitrogens with zero attached hydrogens (tertiary/aromatic N) is 2. The molecule has 1 heterocycles. The van der Waals surface area contributed by atoms with Gasteiger partial charge >= 0.3 is 0 Å². The van der Waals surface area contributed by atoms with Crippen molar-refractivity contribution in [1.29, 1.82) is 0 Å². The minimum Gasteiger partial charge on any atom is -0.378 e. The van der Waals surface area contributed by atoms with Crippen LogP contribution >= 0.6 is 0 Å². The zero-order valence-corrected chi connectivity index (χ0v) is 15.4. The molecule has 5 heteroatoms. The lowest BCUT2D eigenvalue weighted by atomic mass is 10.1. The number of piperidine rings is 1. The quantitative estimate of drug-likeness (QED) is 0.900. The van der Waals surface area contributed by atoms with Gasteiger partial charge in [-0.3, -0.25) is 9.59 Å². The maximum Gasteiger partial charge on any atom is 0.251 e. The van der Waals surface area contributed by atoms with Gasteiger partial charge in [-0.25, -0.2) is 0 Å². The summed E-state index contributed by atoms with van der Waals surface area (Å²) in [5, 5.41) is 2.94. The summed E-state index contributed by atoms with van der Waals surface area (Å²) in [6.07, 6.45) is 2.60. The largest absolute Gasteiger partial charge is 0.378 e. The summed E-state index contributed by atoms with van der Waals surface area (Å²) < 4.78 is 0. The minimum atomic E-state index is -0.113. The highest BCUT2D eigenvalue weighted by atomic mass is 16.2. The second-order valence-electron chi connectivity index (χ2n) is 6.79. The fourth-order valence-corrected chi connectivity index (χ4v) is 3.07. The molecule has 1 fully saturated rings. The van der Waals surface area contributed by atoms with Gasteiger partial charge in [0.2, 0.25) is 5.91 Å². The first-order chi connectivity index (χ1) is 12.5.